The molecular weight excluding hydrogens is 815 g/mol. The number of imidazole rings is 1. The molecule has 2 heterocycles. The molecule has 0 radical (unpaired) electrons. The minimum atomic E-state index is -3.38. The van der Waals surface area contributed by atoms with Gasteiger partial charge in [-0.2, -0.15) is 0 Å². The molecule has 0 saturated carbocycles. The molecular formula is C63H55N3O. The SMILES string of the molecule is [2H]C(C)(C)c1cc(-c2ccccc2)c(-n2c(-c3cc(C)cc(C)c3O)nc3c(-c4cc(-c5ccccc5)cc(-c5cc(-c6ccc(C(C([2H])([2H])[2H])(C([2H])([2H])[2H])C([2H])([2H])[2H])cc6)ccn5)c4)cccc32)cc1-c1ccccc1. The number of rotatable bonds is 9. The number of fused-ring (bicyclic) bond motifs is 1. The summed E-state index contributed by atoms with van der Waals surface area (Å²) in [5, 5.41) is 12.1. The molecule has 0 aliphatic rings. The van der Waals surface area contributed by atoms with Crippen LogP contribution in [0, 0.1) is 13.8 Å². The molecule has 10 aromatic rings. The van der Waals surface area contributed by atoms with E-state index in [9.17, 15) is 6.48 Å². The number of pyridine rings is 1. The van der Waals surface area contributed by atoms with E-state index in [2.05, 4.69) is 59.2 Å². The number of nitrogens with zero attached hydrogens (tertiary/aromatic N) is 3. The van der Waals surface area contributed by atoms with Crippen molar-refractivity contribution in [2.45, 2.75) is 59.6 Å². The van der Waals surface area contributed by atoms with Crippen LogP contribution in [-0.4, -0.2) is 19.6 Å². The van der Waals surface area contributed by atoms with Crippen LogP contribution in [0.4, 0.5) is 0 Å². The normalized spacial score (nSPS) is 14.6. The van der Waals surface area contributed by atoms with Gasteiger partial charge >= 0.3 is 0 Å². The summed E-state index contributed by atoms with van der Waals surface area (Å²) in [5.74, 6) is -0.342. The highest BCUT2D eigenvalue weighted by molar-refractivity contribution is 5.99. The molecule has 8 aromatic carbocycles. The minimum Gasteiger partial charge on any atom is -0.507 e. The lowest BCUT2D eigenvalue weighted by molar-refractivity contribution is 0.472. The highest BCUT2D eigenvalue weighted by Gasteiger charge is 2.25. The molecule has 0 saturated heterocycles. The molecule has 4 heteroatoms. The van der Waals surface area contributed by atoms with Crippen molar-refractivity contribution in [3.63, 3.8) is 0 Å². The number of hydrogen-bond donors (Lipinski definition) is 1. The Kier molecular flexibility index (Phi) is 8.57. The number of phenols is 1. The minimum absolute atomic E-state index is 0.113. The Balaban J connectivity index is 1.21. The van der Waals surface area contributed by atoms with Gasteiger partial charge in [-0.3, -0.25) is 9.55 Å². The zero-order chi connectivity index (χ0) is 54.8. The fourth-order valence-electron chi connectivity index (χ4n) is 9.19. The number of phenolic OH excluding ortho intramolecular Hbond substituents is 1. The van der Waals surface area contributed by atoms with Crippen molar-refractivity contribution >= 4 is 11.0 Å². The van der Waals surface area contributed by atoms with Crippen LogP contribution in [0.5, 0.6) is 5.75 Å². The third-order valence-corrected chi connectivity index (χ3v) is 12.5. The molecule has 0 atom stereocenters. The lowest BCUT2D eigenvalue weighted by atomic mass is 9.86. The maximum atomic E-state index is 12.1. The average molecular weight is 880 g/mol. The maximum absolute atomic E-state index is 12.1. The van der Waals surface area contributed by atoms with E-state index in [-0.39, 0.29) is 11.3 Å². The molecule has 0 fully saturated rings. The fraction of sp³-hybridized carbons (Fsp3) is 0.143. The van der Waals surface area contributed by atoms with Gasteiger partial charge in [-0.05, 0) is 147 Å². The van der Waals surface area contributed by atoms with E-state index in [0.717, 1.165) is 72.4 Å². The van der Waals surface area contributed by atoms with Gasteiger partial charge in [0, 0.05) is 36.6 Å². The molecule has 2 aromatic heterocycles. The van der Waals surface area contributed by atoms with Gasteiger partial charge in [-0.1, -0.05) is 168 Å². The third-order valence-electron chi connectivity index (χ3n) is 12.5. The molecule has 10 rings (SSSR count). The number of aromatic hydroxyl groups is 1. The number of aromatic nitrogens is 3. The molecule has 0 amide bonds. The van der Waals surface area contributed by atoms with E-state index in [4.69, 9.17) is 22.3 Å². The van der Waals surface area contributed by atoms with E-state index in [1.807, 2.05) is 131 Å². The van der Waals surface area contributed by atoms with Gasteiger partial charge in [-0.15, -0.1) is 0 Å². The van der Waals surface area contributed by atoms with Gasteiger partial charge in [0.05, 0.1) is 28.0 Å². The lowest BCUT2D eigenvalue weighted by Crippen LogP contribution is -2.10. The summed E-state index contributed by atoms with van der Waals surface area (Å²) in [7, 11) is 0. The quantitative estimate of drug-likeness (QED) is 0.157. The van der Waals surface area contributed by atoms with E-state index in [1.54, 1.807) is 24.4 Å². The molecule has 0 unspecified atom stereocenters. The monoisotopic (exact) mass is 879 g/mol. The summed E-state index contributed by atoms with van der Waals surface area (Å²) in [6.07, 6.45) is 1.66. The van der Waals surface area contributed by atoms with Crippen molar-refractivity contribution in [2.75, 3.05) is 0 Å². The van der Waals surface area contributed by atoms with Crippen LogP contribution in [0.1, 0.15) is 76.3 Å². The van der Waals surface area contributed by atoms with Crippen molar-refractivity contribution in [1.29, 1.82) is 0 Å². The van der Waals surface area contributed by atoms with Crippen molar-refractivity contribution < 1.29 is 18.8 Å². The van der Waals surface area contributed by atoms with Crippen LogP contribution in [0.25, 0.3) is 95.0 Å². The van der Waals surface area contributed by atoms with E-state index in [0.29, 0.717) is 39.3 Å². The topological polar surface area (TPSA) is 50.9 Å². The Bertz CT molecular complexity index is 3790. The van der Waals surface area contributed by atoms with Crippen LogP contribution in [0.15, 0.2) is 194 Å². The second kappa shape index (κ2) is 17.5. The first-order valence-electron chi connectivity index (χ1n) is 27.4. The number of aryl methyl sites for hydroxylation is 2. The molecule has 1 N–H and O–H groups in total. The Morgan fingerprint density at radius 3 is 1.84 bits per heavy atom. The predicted molar refractivity (Wildman–Crippen MR) is 281 cm³/mol. The molecule has 0 aliphatic heterocycles. The summed E-state index contributed by atoms with van der Waals surface area (Å²) >= 11 is 0. The third kappa shape index (κ3) is 8.36. The van der Waals surface area contributed by atoms with E-state index < -0.39 is 31.9 Å². The molecule has 0 spiro atoms. The first kappa shape index (κ1) is 32.8. The number of hydrogen-bond acceptors (Lipinski definition) is 3. The standard InChI is InChI=1S/C63H55N3O/c1-40(2)53-38-55(46-22-15-10-16-23-46)59(39-54(53)45-20-13-9-14-21-45)66-58-25-17-24-52(60(58)65-62(66)56-33-41(3)32-42(4)61(56)67)49-34-48(43-18-11-8-12-19-43)35-50(36-49)57-37-47(30-31-64-57)44-26-28-51(29-27-44)63(5,6)7/h8-40,67H,1-7H3/i5D3,6D3,7D3,40D. The summed E-state index contributed by atoms with van der Waals surface area (Å²) in [4.78, 5) is 10.4. The number of para-hydroxylation sites is 1. The number of benzene rings is 8. The summed E-state index contributed by atoms with van der Waals surface area (Å²) in [5.41, 5.74) is 11.7. The Morgan fingerprint density at radius 1 is 0.537 bits per heavy atom. The van der Waals surface area contributed by atoms with Gasteiger partial charge in [0.25, 0.3) is 0 Å². The Labute approximate surface area is 409 Å². The van der Waals surface area contributed by atoms with E-state index in [1.165, 1.54) is 12.1 Å². The highest BCUT2D eigenvalue weighted by atomic mass is 16.3. The van der Waals surface area contributed by atoms with Crippen molar-refractivity contribution in [3.8, 4) is 89.7 Å². The predicted octanol–water partition coefficient (Wildman–Crippen LogP) is 16.8. The largest absolute Gasteiger partial charge is 0.507 e. The molecule has 67 heavy (non-hydrogen) atoms. The maximum Gasteiger partial charge on any atom is 0.149 e. The van der Waals surface area contributed by atoms with E-state index >= 15 is 0 Å². The second-order valence-electron chi connectivity index (χ2n) is 17.5. The smallest absolute Gasteiger partial charge is 0.149 e. The van der Waals surface area contributed by atoms with Crippen LogP contribution < -0.4 is 0 Å². The zero-order valence-corrected chi connectivity index (χ0v) is 37.8. The van der Waals surface area contributed by atoms with Gasteiger partial charge < -0.3 is 5.11 Å². The first-order chi connectivity index (χ1) is 36.5. The van der Waals surface area contributed by atoms with Gasteiger partial charge in [0.2, 0.25) is 0 Å². The van der Waals surface area contributed by atoms with Gasteiger partial charge in [0.15, 0.2) is 0 Å². The second-order valence-corrected chi connectivity index (χ2v) is 17.5. The summed E-state index contributed by atoms with van der Waals surface area (Å²) in [6, 6.07) is 60.2. The lowest BCUT2D eigenvalue weighted by Gasteiger charge is -2.22. The zero-order valence-electron chi connectivity index (χ0n) is 47.8. The van der Waals surface area contributed by atoms with Crippen LogP contribution in [0.2, 0.25) is 0 Å². The van der Waals surface area contributed by atoms with Crippen molar-refractivity contribution in [2.24, 2.45) is 0 Å². The molecule has 0 aliphatic carbocycles. The summed E-state index contributed by atoms with van der Waals surface area (Å²) < 4.78 is 85.7. The highest BCUT2D eigenvalue weighted by Crippen LogP contribution is 2.45. The average Bonchev–Trinajstić information content (AvgIpc) is 3.81. The fourth-order valence-corrected chi connectivity index (χ4v) is 9.19. The van der Waals surface area contributed by atoms with Crippen molar-refractivity contribution in [1.82, 2.24) is 14.5 Å². The van der Waals surface area contributed by atoms with Gasteiger partial charge in [-0.25, -0.2) is 4.98 Å². The van der Waals surface area contributed by atoms with Crippen LogP contribution in [-0.2, 0) is 5.41 Å². The molecule has 0 bridgehead atoms. The molecule has 328 valence electrons. The first-order valence-corrected chi connectivity index (χ1v) is 22.4. The Hall–Kier alpha value is -7.82. The molecule has 4 nitrogen and oxygen atoms in total. The van der Waals surface area contributed by atoms with Gasteiger partial charge in [0.1, 0.15) is 11.6 Å². The summed E-state index contributed by atoms with van der Waals surface area (Å²) in [6.45, 7) is -2.45. The van der Waals surface area contributed by atoms with Crippen LogP contribution in [0.3, 0.4) is 0 Å². The van der Waals surface area contributed by atoms with Crippen molar-refractivity contribution in [3.05, 3.63) is 217 Å². The van der Waals surface area contributed by atoms with Crippen LogP contribution >= 0.6 is 0 Å². The Morgan fingerprint density at radius 2 is 1.16 bits per heavy atom.